The summed E-state index contributed by atoms with van der Waals surface area (Å²) in [6, 6.07) is 7.21. The van der Waals surface area contributed by atoms with Crippen molar-refractivity contribution in [2.24, 2.45) is 0 Å². The summed E-state index contributed by atoms with van der Waals surface area (Å²) in [6.07, 6.45) is 0. The summed E-state index contributed by atoms with van der Waals surface area (Å²) in [4.78, 5) is 15.0. The first-order valence-corrected chi connectivity index (χ1v) is 6.13. The average molecular weight is 251 g/mol. The van der Waals surface area contributed by atoms with Gasteiger partial charge in [-0.1, -0.05) is 0 Å². The van der Waals surface area contributed by atoms with Crippen molar-refractivity contribution in [1.29, 1.82) is 0 Å². The number of benzene rings is 1. The first-order valence-electron chi connectivity index (χ1n) is 5.68. The first-order chi connectivity index (χ1) is 8.15. The van der Waals surface area contributed by atoms with Gasteiger partial charge in [0, 0.05) is 36.6 Å². The molecule has 0 aliphatic carbocycles. The van der Waals surface area contributed by atoms with Gasteiger partial charge in [0.2, 0.25) is 0 Å². The van der Waals surface area contributed by atoms with Gasteiger partial charge in [-0.3, -0.25) is 10.2 Å². The Balaban J connectivity index is 1.91. The highest BCUT2D eigenvalue weighted by atomic mass is 32.1. The van der Waals surface area contributed by atoms with Gasteiger partial charge in [0.1, 0.15) is 0 Å². The van der Waals surface area contributed by atoms with Gasteiger partial charge in [0.05, 0.1) is 0 Å². The zero-order chi connectivity index (χ0) is 12.3. The summed E-state index contributed by atoms with van der Waals surface area (Å²) in [5.41, 5.74) is 3.59. The van der Waals surface area contributed by atoms with Crippen LogP contribution in [0.4, 0.5) is 0 Å². The molecule has 0 saturated carbocycles. The largest absolute Gasteiger partial charge is 0.304 e. The maximum atomic E-state index is 11.9. The van der Waals surface area contributed by atoms with E-state index in [1.807, 2.05) is 17.1 Å². The Bertz CT molecular complexity index is 385. The Morgan fingerprint density at radius 1 is 1.18 bits per heavy atom. The second-order valence-electron chi connectivity index (χ2n) is 4.28. The number of nitrogens with one attached hydrogen (secondary N) is 1. The van der Waals surface area contributed by atoms with Gasteiger partial charge in [-0.25, -0.2) is 5.01 Å². The number of carbonyl (C=O) groups is 1. The molecule has 0 atom stereocenters. The van der Waals surface area contributed by atoms with Gasteiger partial charge in [-0.05, 0) is 31.3 Å². The Hall–Kier alpha value is -1.04. The van der Waals surface area contributed by atoms with Crippen LogP contribution in [0, 0.1) is 0 Å². The van der Waals surface area contributed by atoms with Crippen LogP contribution in [0.5, 0.6) is 0 Å². The lowest BCUT2D eigenvalue weighted by atomic mass is 10.2. The smallest absolute Gasteiger partial charge is 0.265 e. The van der Waals surface area contributed by atoms with Crippen molar-refractivity contribution in [2.45, 2.75) is 4.90 Å². The Morgan fingerprint density at radius 2 is 1.76 bits per heavy atom. The SMILES string of the molecule is CN1CCN(NC(=O)c2ccc(S)cc2)CC1. The third-order valence-corrected chi connectivity index (χ3v) is 3.19. The zero-order valence-corrected chi connectivity index (χ0v) is 10.8. The van der Waals surface area contributed by atoms with E-state index >= 15 is 0 Å². The van der Waals surface area contributed by atoms with Gasteiger partial charge in [0.15, 0.2) is 0 Å². The number of hydrogen-bond acceptors (Lipinski definition) is 4. The topological polar surface area (TPSA) is 35.6 Å². The number of thiol groups is 1. The van der Waals surface area contributed by atoms with Gasteiger partial charge >= 0.3 is 0 Å². The van der Waals surface area contributed by atoms with Crippen molar-refractivity contribution in [3.05, 3.63) is 29.8 Å². The average Bonchev–Trinajstić information content (AvgIpc) is 2.33. The minimum absolute atomic E-state index is 0.0529. The summed E-state index contributed by atoms with van der Waals surface area (Å²) in [6.45, 7) is 3.70. The molecule has 1 aromatic rings. The Morgan fingerprint density at radius 3 is 2.35 bits per heavy atom. The number of nitrogens with zero attached hydrogens (tertiary/aromatic N) is 2. The van der Waals surface area contributed by atoms with Crippen LogP contribution in [-0.2, 0) is 0 Å². The number of carbonyl (C=O) groups excluding carboxylic acids is 1. The molecule has 0 radical (unpaired) electrons. The molecule has 92 valence electrons. The highest BCUT2D eigenvalue weighted by Crippen LogP contribution is 2.08. The molecule has 5 heteroatoms. The highest BCUT2D eigenvalue weighted by Gasteiger charge is 2.16. The molecule has 1 heterocycles. The van der Waals surface area contributed by atoms with E-state index < -0.39 is 0 Å². The molecule has 0 bridgehead atoms. The molecule has 1 aromatic carbocycles. The first kappa shape index (κ1) is 12.4. The summed E-state index contributed by atoms with van der Waals surface area (Å²) < 4.78 is 0. The molecule has 1 aliphatic heterocycles. The van der Waals surface area contributed by atoms with Crippen LogP contribution in [-0.4, -0.2) is 49.0 Å². The number of hydrogen-bond donors (Lipinski definition) is 2. The molecule has 2 rings (SSSR count). The fraction of sp³-hybridized carbons (Fsp3) is 0.417. The predicted octanol–water partition coefficient (Wildman–Crippen LogP) is 0.867. The van der Waals surface area contributed by atoms with Crippen LogP contribution in [0.15, 0.2) is 29.2 Å². The van der Waals surface area contributed by atoms with Crippen molar-refractivity contribution >= 4 is 18.5 Å². The molecule has 1 saturated heterocycles. The molecule has 4 nitrogen and oxygen atoms in total. The molecule has 0 unspecified atom stereocenters. The van der Waals surface area contributed by atoms with Crippen molar-refractivity contribution in [2.75, 3.05) is 33.2 Å². The van der Waals surface area contributed by atoms with Gasteiger partial charge in [-0.2, -0.15) is 0 Å². The van der Waals surface area contributed by atoms with Crippen molar-refractivity contribution in [1.82, 2.24) is 15.3 Å². The highest BCUT2D eigenvalue weighted by molar-refractivity contribution is 7.80. The van der Waals surface area contributed by atoms with E-state index in [0.29, 0.717) is 5.56 Å². The molecular formula is C12H17N3OS. The molecule has 0 spiro atoms. The van der Waals surface area contributed by atoms with Crippen molar-refractivity contribution in [3.8, 4) is 0 Å². The minimum Gasteiger partial charge on any atom is -0.304 e. The second-order valence-corrected chi connectivity index (χ2v) is 4.79. The quantitative estimate of drug-likeness (QED) is 0.766. The molecule has 1 fully saturated rings. The molecule has 1 N–H and O–H groups in total. The number of hydrazine groups is 1. The lowest BCUT2D eigenvalue weighted by Crippen LogP contribution is -2.52. The van der Waals surface area contributed by atoms with Crippen LogP contribution < -0.4 is 5.43 Å². The monoisotopic (exact) mass is 251 g/mol. The van der Waals surface area contributed by atoms with E-state index in [1.54, 1.807) is 12.1 Å². The summed E-state index contributed by atoms with van der Waals surface area (Å²) in [5, 5.41) is 1.97. The standard InChI is InChI=1S/C12H17N3OS/c1-14-6-8-15(9-7-14)13-12(16)10-2-4-11(17)5-3-10/h2-5,17H,6-9H2,1H3,(H,13,16). The maximum Gasteiger partial charge on any atom is 0.265 e. The zero-order valence-electron chi connectivity index (χ0n) is 9.89. The van der Waals surface area contributed by atoms with Gasteiger partial charge < -0.3 is 4.90 Å². The predicted molar refractivity (Wildman–Crippen MR) is 70.2 cm³/mol. The van der Waals surface area contributed by atoms with E-state index in [-0.39, 0.29) is 5.91 Å². The number of rotatable bonds is 2. The third-order valence-electron chi connectivity index (χ3n) is 2.89. The number of likely N-dealkylation sites (N-methyl/N-ethyl adjacent to an activating group) is 1. The fourth-order valence-corrected chi connectivity index (χ4v) is 1.89. The van der Waals surface area contributed by atoms with E-state index in [9.17, 15) is 4.79 Å². The lowest BCUT2D eigenvalue weighted by molar-refractivity contribution is 0.0662. The van der Waals surface area contributed by atoms with E-state index in [2.05, 4.69) is 30.0 Å². The fourth-order valence-electron chi connectivity index (χ4n) is 1.74. The lowest BCUT2D eigenvalue weighted by Gasteiger charge is -2.32. The van der Waals surface area contributed by atoms with Gasteiger partial charge in [0.25, 0.3) is 5.91 Å². The van der Waals surface area contributed by atoms with Crippen LogP contribution in [0.3, 0.4) is 0 Å². The van der Waals surface area contributed by atoms with Crippen LogP contribution in [0.1, 0.15) is 10.4 Å². The summed E-state index contributed by atoms with van der Waals surface area (Å²) >= 11 is 4.19. The third kappa shape index (κ3) is 3.46. The summed E-state index contributed by atoms with van der Waals surface area (Å²) in [7, 11) is 2.09. The van der Waals surface area contributed by atoms with Crippen LogP contribution in [0.2, 0.25) is 0 Å². The van der Waals surface area contributed by atoms with Crippen molar-refractivity contribution < 1.29 is 4.79 Å². The molecule has 1 amide bonds. The second kappa shape index (κ2) is 5.53. The Labute approximate surface area is 107 Å². The maximum absolute atomic E-state index is 11.9. The van der Waals surface area contributed by atoms with E-state index in [0.717, 1.165) is 31.1 Å². The molecule has 17 heavy (non-hydrogen) atoms. The normalized spacial score (nSPS) is 18.0. The Kier molecular flexibility index (Phi) is 4.04. The summed E-state index contributed by atoms with van der Waals surface area (Å²) in [5.74, 6) is -0.0529. The number of piperazine rings is 1. The van der Waals surface area contributed by atoms with E-state index in [4.69, 9.17) is 0 Å². The van der Waals surface area contributed by atoms with Gasteiger partial charge in [-0.15, -0.1) is 12.6 Å². The van der Waals surface area contributed by atoms with Crippen LogP contribution >= 0.6 is 12.6 Å². The van der Waals surface area contributed by atoms with Crippen LogP contribution in [0.25, 0.3) is 0 Å². The molecule has 0 aromatic heterocycles. The number of amides is 1. The van der Waals surface area contributed by atoms with Crippen molar-refractivity contribution in [3.63, 3.8) is 0 Å². The molecule has 1 aliphatic rings. The molecular weight excluding hydrogens is 234 g/mol. The minimum atomic E-state index is -0.0529. The van der Waals surface area contributed by atoms with E-state index in [1.165, 1.54) is 0 Å².